The van der Waals surface area contributed by atoms with Gasteiger partial charge in [-0.3, -0.25) is 19.7 Å². The standard InChI is InChI=1S/C41H47N9O7/c1-55-29-19-18-26-20-34(35(42-32(26)21-29)25-12-6-5-7-13-25)56-30-22-33-36(51)45-41(38(53)44-39-46-48-49-47-39)23-27(41)14-8-3-2-4-9-17-31(37(52)50(33)24-30)43-40(54)57-28-15-10-11-16-28/h5-8,12-14,18-21,27-28,30-31,33H,2-4,9-11,15-17,22-24H2,1H3,(H,43,54)(H,45,51)(H2,44,46,47,48,49,53)/b14-8-/t27-,30+,31-,33-,41+/m0/s1. The maximum Gasteiger partial charge on any atom is 0.408 e. The number of anilines is 1. The first-order chi connectivity index (χ1) is 27.8. The maximum absolute atomic E-state index is 14.7. The van der Waals surface area contributed by atoms with Crippen molar-refractivity contribution in [3.8, 4) is 22.8 Å². The van der Waals surface area contributed by atoms with Crippen molar-refractivity contribution < 1.29 is 33.4 Å². The molecule has 2 saturated carbocycles. The summed E-state index contributed by atoms with van der Waals surface area (Å²) in [6.45, 7) is 0.0487. The van der Waals surface area contributed by atoms with E-state index in [0.717, 1.165) is 55.9 Å². The quantitative estimate of drug-likeness (QED) is 0.178. The number of carbonyl (C=O) groups is 4. The van der Waals surface area contributed by atoms with Gasteiger partial charge in [0.05, 0.1) is 19.2 Å². The lowest BCUT2D eigenvalue weighted by molar-refractivity contribution is -0.141. The van der Waals surface area contributed by atoms with Crippen molar-refractivity contribution in [1.29, 1.82) is 0 Å². The number of rotatable bonds is 8. The number of allylic oxidation sites excluding steroid dienone is 1. The number of fused-ring (bicyclic) bond motifs is 3. The number of aromatic amines is 1. The van der Waals surface area contributed by atoms with E-state index in [-0.39, 0.29) is 30.9 Å². The lowest BCUT2D eigenvalue weighted by Crippen LogP contribution is -2.57. The summed E-state index contributed by atoms with van der Waals surface area (Å²) in [6, 6.07) is 15.2. The topological polar surface area (TPSA) is 203 Å². The zero-order valence-electron chi connectivity index (χ0n) is 31.8. The van der Waals surface area contributed by atoms with Crippen molar-refractivity contribution >= 4 is 40.7 Å². The first-order valence-corrected chi connectivity index (χ1v) is 19.8. The highest BCUT2D eigenvalue weighted by atomic mass is 16.6. The van der Waals surface area contributed by atoms with Gasteiger partial charge in [0, 0.05) is 29.4 Å². The monoisotopic (exact) mass is 777 g/mol. The number of carbonyl (C=O) groups excluding carboxylic acids is 4. The number of nitrogens with one attached hydrogen (secondary N) is 4. The molecule has 4 aliphatic rings. The molecule has 57 heavy (non-hydrogen) atoms. The zero-order chi connectivity index (χ0) is 39.4. The third kappa shape index (κ3) is 8.39. The molecule has 1 saturated heterocycles. The van der Waals surface area contributed by atoms with Crippen molar-refractivity contribution in [3.63, 3.8) is 0 Å². The molecular formula is C41H47N9O7. The van der Waals surface area contributed by atoms with Gasteiger partial charge < -0.3 is 29.7 Å². The minimum Gasteiger partial charge on any atom is -0.497 e. The molecular weight excluding hydrogens is 731 g/mol. The molecule has 0 unspecified atom stereocenters. The first-order valence-electron chi connectivity index (χ1n) is 19.8. The van der Waals surface area contributed by atoms with Crippen molar-refractivity contribution in [2.24, 2.45) is 5.92 Å². The van der Waals surface area contributed by atoms with Crippen LogP contribution in [-0.2, 0) is 19.1 Å². The molecule has 2 aliphatic carbocycles. The average Bonchev–Trinajstić information content (AvgIpc) is 3.70. The van der Waals surface area contributed by atoms with E-state index in [4.69, 9.17) is 19.2 Å². The van der Waals surface area contributed by atoms with E-state index in [1.807, 2.05) is 66.7 Å². The van der Waals surface area contributed by atoms with Gasteiger partial charge in [0.2, 0.25) is 11.8 Å². The number of benzene rings is 2. The Balaban J connectivity index is 1.11. The van der Waals surface area contributed by atoms with Crippen LogP contribution in [0, 0.1) is 5.92 Å². The summed E-state index contributed by atoms with van der Waals surface area (Å²) in [5.41, 5.74) is 0.834. The van der Waals surface area contributed by atoms with Crippen molar-refractivity contribution in [2.75, 3.05) is 19.0 Å². The summed E-state index contributed by atoms with van der Waals surface area (Å²) < 4.78 is 17.9. The number of methoxy groups -OCH3 is 1. The summed E-state index contributed by atoms with van der Waals surface area (Å²) in [5, 5.41) is 22.9. The van der Waals surface area contributed by atoms with Crippen LogP contribution in [0.4, 0.5) is 10.7 Å². The third-order valence-electron chi connectivity index (χ3n) is 11.4. The molecule has 16 nitrogen and oxygen atoms in total. The Kier molecular flexibility index (Phi) is 11.0. The van der Waals surface area contributed by atoms with Crippen LogP contribution < -0.4 is 25.4 Å². The van der Waals surface area contributed by atoms with E-state index in [0.29, 0.717) is 42.0 Å². The van der Waals surface area contributed by atoms with Gasteiger partial charge >= 0.3 is 6.09 Å². The van der Waals surface area contributed by atoms with E-state index < -0.39 is 47.5 Å². The second-order valence-electron chi connectivity index (χ2n) is 15.3. The summed E-state index contributed by atoms with van der Waals surface area (Å²) in [4.78, 5) is 62.7. The minimum absolute atomic E-state index is 0.0182. The molecule has 2 aliphatic heterocycles. The Morgan fingerprint density at radius 3 is 2.58 bits per heavy atom. The Morgan fingerprint density at radius 2 is 1.79 bits per heavy atom. The third-order valence-corrected chi connectivity index (χ3v) is 11.4. The number of hydrogen-bond donors (Lipinski definition) is 4. The molecule has 4 N–H and O–H groups in total. The second-order valence-corrected chi connectivity index (χ2v) is 15.3. The van der Waals surface area contributed by atoms with Crippen LogP contribution in [0.1, 0.15) is 70.6 Å². The summed E-state index contributed by atoms with van der Waals surface area (Å²) in [6.07, 6.45) is 10.0. The van der Waals surface area contributed by atoms with Gasteiger partial charge in [-0.25, -0.2) is 9.78 Å². The lowest BCUT2D eigenvalue weighted by atomic mass is 10.0. The highest BCUT2D eigenvalue weighted by Gasteiger charge is 2.61. The first kappa shape index (κ1) is 37.8. The molecule has 298 valence electrons. The summed E-state index contributed by atoms with van der Waals surface area (Å²) in [7, 11) is 1.60. The van der Waals surface area contributed by atoms with Gasteiger partial charge in [-0.05, 0) is 74.8 Å². The molecule has 0 bridgehead atoms. The van der Waals surface area contributed by atoms with Gasteiger partial charge in [0.15, 0.2) is 0 Å². The van der Waals surface area contributed by atoms with E-state index in [9.17, 15) is 19.2 Å². The molecule has 8 rings (SSSR count). The molecule has 3 fully saturated rings. The van der Waals surface area contributed by atoms with Crippen molar-refractivity contribution in [2.45, 2.75) is 100 Å². The Labute approximate surface area is 329 Å². The molecule has 0 radical (unpaired) electrons. The van der Waals surface area contributed by atoms with Gasteiger partial charge in [-0.1, -0.05) is 60.4 Å². The fraction of sp³-hybridized carbons (Fsp3) is 0.463. The number of H-pyrrole nitrogens is 1. The number of hydrogen-bond acceptors (Lipinski definition) is 11. The van der Waals surface area contributed by atoms with Crippen molar-refractivity contribution in [1.82, 2.24) is 41.1 Å². The highest BCUT2D eigenvalue weighted by molar-refractivity contribution is 6.04. The molecule has 4 aromatic rings. The van der Waals surface area contributed by atoms with Gasteiger partial charge in [0.1, 0.15) is 47.0 Å². The molecule has 5 atom stereocenters. The van der Waals surface area contributed by atoms with E-state index in [1.54, 1.807) is 7.11 Å². The normalized spacial score (nSPS) is 25.9. The fourth-order valence-electron chi connectivity index (χ4n) is 8.25. The van der Waals surface area contributed by atoms with E-state index in [2.05, 4.69) is 36.6 Å². The van der Waals surface area contributed by atoms with Crippen molar-refractivity contribution in [3.05, 3.63) is 66.7 Å². The molecule has 4 heterocycles. The van der Waals surface area contributed by atoms with Crippen LogP contribution >= 0.6 is 0 Å². The number of tetrazole rings is 1. The predicted molar refractivity (Wildman–Crippen MR) is 208 cm³/mol. The van der Waals surface area contributed by atoms with Crippen LogP contribution in [-0.4, -0.2) is 97.8 Å². The van der Waals surface area contributed by atoms with Gasteiger partial charge in [-0.2, -0.15) is 5.21 Å². The van der Waals surface area contributed by atoms with Crippen LogP contribution in [0.15, 0.2) is 66.7 Å². The zero-order valence-corrected chi connectivity index (χ0v) is 31.8. The van der Waals surface area contributed by atoms with Gasteiger partial charge in [0.25, 0.3) is 11.9 Å². The minimum atomic E-state index is -1.30. The largest absolute Gasteiger partial charge is 0.497 e. The lowest BCUT2D eigenvalue weighted by Gasteiger charge is -2.30. The van der Waals surface area contributed by atoms with Crippen LogP contribution in [0.3, 0.4) is 0 Å². The van der Waals surface area contributed by atoms with Crippen LogP contribution in [0.5, 0.6) is 11.5 Å². The van der Waals surface area contributed by atoms with E-state index >= 15 is 0 Å². The number of ether oxygens (including phenoxy) is 3. The number of amides is 4. The Morgan fingerprint density at radius 1 is 0.965 bits per heavy atom. The number of alkyl carbamates (subject to hydrolysis) is 1. The molecule has 4 amide bonds. The molecule has 16 heteroatoms. The molecule has 2 aromatic carbocycles. The summed E-state index contributed by atoms with van der Waals surface area (Å²) in [5.74, 6) is -0.565. The van der Waals surface area contributed by atoms with Crippen LogP contribution in [0.25, 0.3) is 22.2 Å². The van der Waals surface area contributed by atoms with Crippen LogP contribution in [0.2, 0.25) is 0 Å². The van der Waals surface area contributed by atoms with E-state index in [1.165, 1.54) is 4.90 Å². The molecule has 2 aromatic heterocycles. The van der Waals surface area contributed by atoms with Gasteiger partial charge in [-0.15, -0.1) is 5.10 Å². The number of aromatic nitrogens is 5. The fourth-order valence-corrected chi connectivity index (χ4v) is 8.25. The SMILES string of the molecule is COc1ccc2cc(O[C@@H]3C[C@H]4C(=O)N[C@]5(C(=O)Nc6nn[nH]n6)C[C@@H]5/C=C\CCCCC[C@H](NC(=O)OC5CCCC5)C(=O)N4C3)c(-c3ccccc3)nc2c1. The highest BCUT2D eigenvalue weighted by Crippen LogP contribution is 2.46. The Bertz CT molecular complexity index is 2130. The number of pyridine rings is 1. The average molecular weight is 778 g/mol. The molecule has 0 spiro atoms. The second kappa shape index (κ2) is 16.6. The maximum atomic E-state index is 14.7. The predicted octanol–water partition coefficient (Wildman–Crippen LogP) is 4.84. The summed E-state index contributed by atoms with van der Waals surface area (Å²) >= 11 is 0. The Hall–Kier alpha value is -6.06. The smallest absolute Gasteiger partial charge is 0.408 e. The number of nitrogens with zero attached hydrogens (tertiary/aromatic N) is 5.